The van der Waals surface area contributed by atoms with Crippen molar-refractivity contribution in [2.45, 2.75) is 61.4 Å². The van der Waals surface area contributed by atoms with Gasteiger partial charge >= 0.3 is 7.12 Å². The lowest BCUT2D eigenvalue weighted by Gasteiger charge is -2.32. The van der Waals surface area contributed by atoms with Gasteiger partial charge in [-0.15, -0.1) is 11.8 Å². The highest BCUT2D eigenvalue weighted by Crippen LogP contribution is 2.60. The van der Waals surface area contributed by atoms with Crippen LogP contribution in [0.25, 0.3) is 38.3 Å². The molecule has 0 amide bonds. The van der Waals surface area contributed by atoms with Gasteiger partial charge in [-0.1, -0.05) is 78.9 Å². The first kappa shape index (κ1) is 24.5. The van der Waals surface area contributed by atoms with Gasteiger partial charge in [0.25, 0.3) is 0 Å². The second-order valence-corrected chi connectivity index (χ2v) is 14.0. The van der Waals surface area contributed by atoms with E-state index >= 15 is 0 Å². The molecule has 8 rings (SSSR count). The molecule has 0 bridgehead atoms. The molecule has 1 aromatic heterocycles. The molecule has 0 saturated carbocycles. The Morgan fingerprint density at radius 2 is 1.48 bits per heavy atom. The predicted molar refractivity (Wildman–Crippen MR) is 169 cm³/mol. The Labute approximate surface area is 240 Å². The molecular formula is C35H32BNO2S. The molecule has 1 aliphatic carbocycles. The van der Waals surface area contributed by atoms with Crippen molar-refractivity contribution in [1.29, 1.82) is 0 Å². The molecule has 0 spiro atoms. The van der Waals surface area contributed by atoms with E-state index in [4.69, 9.17) is 9.31 Å². The number of rotatable bonds is 2. The number of benzene rings is 4. The quantitative estimate of drug-likeness (QED) is 0.210. The van der Waals surface area contributed by atoms with Gasteiger partial charge < -0.3 is 13.9 Å². The molecule has 2 atom stereocenters. The zero-order valence-electron chi connectivity index (χ0n) is 23.6. The second-order valence-electron chi connectivity index (χ2n) is 12.6. The van der Waals surface area contributed by atoms with Crippen molar-refractivity contribution in [2.24, 2.45) is 0 Å². The van der Waals surface area contributed by atoms with E-state index in [0.29, 0.717) is 5.92 Å². The molecular weight excluding hydrogens is 509 g/mol. The Bertz CT molecular complexity index is 1920. The topological polar surface area (TPSA) is 23.4 Å². The maximum Gasteiger partial charge on any atom is 0.494 e. The van der Waals surface area contributed by atoms with Gasteiger partial charge in [0, 0.05) is 32.0 Å². The van der Waals surface area contributed by atoms with Crippen LogP contribution in [0.4, 0.5) is 0 Å². The Morgan fingerprint density at radius 1 is 0.775 bits per heavy atom. The fourth-order valence-electron chi connectivity index (χ4n) is 6.79. The van der Waals surface area contributed by atoms with Crippen LogP contribution in [0.3, 0.4) is 0 Å². The third-order valence-corrected chi connectivity index (χ3v) is 11.0. The summed E-state index contributed by atoms with van der Waals surface area (Å²) in [7, 11) is -0.408. The molecule has 40 heavy (non-hydrogen) atoms. The molecule has 4 aromatic carbocycles. The summed E-state index contributed by atoms with van der Waals surface area (Å²) >= 11 is 2.01. The lowest BCUT2D eigenvalue weighted by atomic mass is 9.79. The van der Waals surface area contributed by atoms with Gasteiger partial charge in [-0.3, -0.25) is 0 Å². The second kappa shape index (κ2) is 8.16. The molecule has 1 saturated heterocycles. The Kier molecular flexibility index (Phi) is 5.01. The van der Waals surface area contributed by atoms with Crippen LogP contribution in [0, 0.1) is 0 Å². The molecule has 5 heteroatoms. The first-order valence-electron chi connectivity index (χ1n) is 14.2. The van der Waals surface area contributed by atoms with E-state index in [9.17, 15) is 0 Å². The smallest absolute Gasteiger partial charge is 0.399 e. The number of para-hydroxylation sites is 1. The van der Waals surface area contributed by atoms with Crippen molar-refractivity contribution in [3.63, 3.8) is 0 Å². The molecule has 3 nitrogen and oxygen atoms in total. The van der Waals surface area contributed by atoms with Crippen LogP contribution in [-0.4, -0.2) is 27.6 Å². The summed E-state index contributed by atoms with van der Waals surface area (Å²) in [6.45, 7) is 10.8. The highest BCUT2D eigenvalue weighted by atomic mass is 32.2. The summed E-state index contributed by atoms with van der Waals surface area (Å²) in [4.78, 5) is 1.40. The number of hydrogen-bond acceptors (Lipinski definition) is 3. The molecule has 3 heterocycles. The van der Waals surface area contributed by atoms with Gasteiger partial charge in [-0.05, 0) is 74.6 Å². The number of aromatic nitrogens is 1. The largest absolute Gasteiger partial charge is 0.494 e. The predicted octanol–water partition coefficient (Wildman–Crippen LogP) is 8.31. The average Bonchev–Trinajstić information content (AvgIpc) is 3.52. The lowest BCUT2D eigenvalue weighted by molar-refractivity contribution is 0.00578. The number of allylic oxidation sites excluding steroid dienone is 3. The first-order valence-corrected chi connectivity index (χ1v) is 15.0. The summed E-state index contributed by atoms with van der Waals surface area (Å²) < 4.78 is 15.4. The van der Waals surface area contributed by atoms with Gasteiger partial charge in [-0.2, -0.15) is 0 Å². The average molecular weight is 542 g/mol. The fourth-order valence-corrected chi connectivity index (χ4v) is 8.32. The summed E-state index contributed by atoms with van der Waals surface area (Å²) in [5.74, 6) is 0.291. The van der Waals surface area contributed by atoms with Crippen LogP contribution >= 0.6 is 11.8 Å². The van der Waals surface area contributed by atoms with E-state index in [1.54, 1.807) is 0 Å². The lowest BCUT2D eigenvalue weighted by Crippen LogP contribution is -2.41. The number of nitrogens with zero attached hydrogens (tertiary/aromatic N) is 1. The van der Waals surface area contributed by atoms with Crippen LogP contribution in [-0.2, 0) is 9.31 Å². The SMILES string of the molecule is CC12C=CC=CC1c1c(c3ccccc3c3c4ccccc4n(-c4cccc(B5OC(C)(C)C(C)(C)O5)c4)c13)S2. The first-order chi connectivity index (χ1) is 19.2. The molecule has 2 unspecified atom stereocenters. The zero-order valence-corrected chi connectivity index (χ0v) is 24.4. The van der Waals surface area contributed by atoms with Gasteiger partial charge in [0.15, 0.2) is 0 Å². The van der Waals surface area contributed by atoms with Gasteiger partial charge in [-0.25, -0.2) is 0 Å². The van der Waals surface area contributed by atoms with E-state index in [2.05, 4.69) is 136 Å². The van der Waals surface area contributed by atoms with E-state index in [1.165, 1.54) is 43.0 Å². The molecule has 198 valence electrons. The van der Waals surface area contributed by atoms with Crippen molar-refractivity contribution >= 4 is 56.9 Å². The maximum absolute atomic E-state index is 6.46. The fraction of sp³-hybridized carbons (Fsp3) is 0.257. The van der Waals surface area contributed by atoms with Crippen molar-refractivity contribution in [1.82, 2.24) is 4.57 Å². The third-order valence-electron chi connectivity index (χ3n) is 9.56. The highest BCUT2D eigenvalue weighted by molar-refractivity contribution is 8.01. The van der Waals surface area contributed by atoms with Crippen molar-refractivity contribution < 1.29 is 9.31 Å². The van der Waals surface area contributed by atoms with E-state index in [0.717, 1.165) is 11.2 Å². The van der Waals surface area contributed by atoms with E-state index < -0.39 is 7.12 Å². The Balaban J connectivity index is 1.46. The number of hydrogen-bond donors (Lipinski definition) is 0. The minimum Gasteiger partial charge on any atom is -0.399 e. The van der Waals surface area contributed by atoms with E-state index in [1.807, 2.05) is 11.8 Å². The monoisotopic (exact) mass is 541 g/mol. The van der Waals surface area contributed by atoms with Crippen molar-refractivity contribution in [3.8, 4) is 5.69 Å². The van der Waals surface area contributed by atoms with Crippen LogP contribution in [0.15, 0.2) is 102 Å². The summed E-state index contributed by atoms with van der Waals surface area (Å²) in [5, 5.41) is 5.28. The van der Waals surface area contributed by atoms with Crippen molar-refractivity contribution in [2.75, 3.05) is 0 Å². The minimum atomic E-state index is -0.408. The normalized spacial score (nSPS) is 24.3. The van der Waals surface area contributed by atoms with Crippen LogP contribution in [0.5, 0.6) is 0 Å². The maximum atomic E-state index is 6.46. The molecule has 1 fully saturated rings. The molecule has 5 aromatic rings. The molecule has 2 aliphatic heterocycles. The Morgan fingerprint density at radius 3 is 2.25 bits per heavy atom. The molecule has 3 aliphatic rings. The summed E-state index contributed by atoms with van der Waals surface area (Å²) in [5.41, 5.74) is 5.35. The molecule has 0 N–H and O–H groups in total. The summed E-state index contributed by atoms with van der Waals surface area (Å²) in [6, 6.07) is 26.6. The number of fused-ring (bicyclic) bond motifs is 10. The molecule has 0 radical (unpaired) electrons. The van der Waals surface area contributed by atoms with Crippen LogP contribution in [0.1, 0.15) is 46.1 Å². The van der Waals surface area contributed by atoms with Crippen LogP contribution in [0.2, 0.25) is 0 Å². The van der Waals surface area contributed by atoms with E-state index in [-0.39, 0.29) is 15.9 Å². The van der Waals surface area contributed by atoms with Gasteiger partial charge in [0.1, 0.15) is 0 Å². The highest BCUT2D eigenvalue weighted by Gasteiger charge is 2.52. The van der Waals surface area contributed by atoms with Gasteiger partial charge in [0.05, 0.1) is 22.2 Å². The zero-order chi connectivity index (χ0) is 27.4. The van der Waals surface area contributed by atoms with Crippen molar-refractivity contribution in [3.05, 3.63) is 103 Å². The van der Waals surface area contributed by atoms with Crippen LogP contribution < -0.4 is 5.46 Å². The standard InChI is InChI=1S/C35H32BNO2S/c1-33(2)34(3,4)39-36(38-33)22-13-12-14-23(21-22)37-28-19-9-8-17-26(28)29-24-15-6-7-16-25(24)32-30(31(29)37)27-18-10-11-20-35(27,5)40-32/h6-21,27H,1-5H3. The number of thioether (sulfide) groups is 1. The third kappa shape index (κ3) is 3.23. The summed E-state index contributed by atoms with van der Waals surface area (Å²) in [6.07, 6.45) is 9.21. The van der Waals surface area contributed by atoms with Gasteiger partial charge in [0.2, 0.25) is 0 Å². The minimum absolute atomic E-state index is 0.0139. The Hall–Kier alpha value is -3.25.